The quantitative estimate of drug-likeness (QED) is 0.803. The Hall–Kier alpha value is -2.45. The maximum absolute atomic E-state index is 14.2. The second kappa shape index (κ2) is 8.29. The number of amides is 1. The summed E-state index contributed by atoms with van der Waals surface area (Å²) in [4.78, 5) is 12.4. The van der Waals surface area contributed by atoms with E-state index < -0.39 is 28.5 Å². The Morgan fingerprint density at radius 1 is 1.08 bits per heavy atom. The fraction of sp³-hybridized carbons (Fsp3) is 0.278. The molecule has 1 amide bonds. The number of nitrogens with zero attached hydrogens (tertiary/aromatic N) is 2. The Morgan fingerprint density at radius 3 is 2.23 bits per heavy atom. The van der Waals surface area contributed by atoms with Crippen LogP contribution < -0.4 is 9.62 Å². The van der Waals surface area contributed by atoms with Gasteiger partial charge < -0.3 is 5.32 Å². The van der Waals surface area contributed by atoms with Gasteiger partial charge in [-0.25, -0.2) is 8.70 Å². The molecule has 0 aliphatic rings. The molecule has 8 heteroatoms. The highest BCUT2D eigenvalue weighted by atomic mass is 32.2. The fourth-order valence-corrected chi connectivity index (χ4v) is 3.46. The van der Waals surface area contributed by atoms with Gasteiger partial charge in [0.1, 0.15) is 12.4 Å². The predicted octanol–water partition coefficient (Wildman–Crippen LogP) is 2.32. The van der Waals surface area contributed by atoms with Crippen LogP contribution in [0.2, 0.25) is 0 Å². The fourth-order valence-electron chi connectivity index (χ4n) is 2.38. The van der Waals surface area contributed by atoms with Crippen molar-refractivity contribution in [2.75, 3.05) is 24.9 Å². The average Bonchev–Trinajstić information content (AvgIpc) is 2.61. The SMILES string of the molecule is C[C@@H](NC(=O)CN(c1ccccc1F)S(=O)(=O)N(C)C)c1ccccc1. The number of carbonyl (C=O) groups is 1. The minimum Gasteiger partial charge on any atom is -0.348 e. The van der Waals surface area contributed by atoms with Crippen molar-refractivity contribution in [2.24, 2.45) is 0 Å². The Balaban J connectivity index is 2.25. The number of hydrogen-bond acceptors (Lipinski definition) is 3. The zero-order valence-electron chi connectivity index (χ0n) is 14.9. The second-order valence-electron chi connectivity index (χ2n) is 5.95. The molecule has 0 aromatic heterocycles. The van der Waals surface area contributed by atoms with Gasteiger partial charge in [-0.1, -0.05) is 42.5 Å². The van der Waals surface area contributed by atoms with Gasteiger partial charge in [0.2, 0.25) is 5.91 Å². The third-order valence-corrected chi connectivity index (χ3v) is 5.63. The number of anilines is 1. The van der Waals surface area contributed by atoms with E-state index in [-0.39, 0.29) is 11.7 Å². The zero-order chi connectivity index (χ0) is 19.3. The van der Waals surface area contributed by atoms with Crippen molar-refractivity contribution < 1.29 is 17.6 Å². The molecular weight excluding hydrogens is 357 g/mol. The lowest BCUT2D eigenvalue weighted by atomic mass is 10.1. The highest BCUT2D eigenvalue weighted by Crippen LogP contribution is 2.23. The normalized spacial score (nSPS) is 12.7. The lowest BCUT2D eigenvalue weighted by molar-refractivity contribution is -0.120. The Bertz CT molecular complexity index is 857. The van der Waals surface area contributed by atoms with E-state index >= 15 is 0 Å². The number of hydrogen-bond donors (Lipinski definition) is 1. The van der Waals surface area contributed by atoms with Gasteiger partial charge >= 0.3 is 10.2 Å². The summed E-state index contributed by atoms with van der Waals surface area (Å²) in [5, 5.41) is 2.74. The minimum atomic E-state index is -4.04. The summed E-state index contributed by atoms with van der Waals surface area (Å²) in [5.41, 5.74) is 0.706. The summed E-state index contributed by atoms with van der Waals surface area (Å²) >= 11 is 0. The molecule has 6 nitrogen and oxygen atoms in total. The highest BCUT2D eigenvalue weighted by molar-refractivity contribution is 7.90. The summed E-state index contributed by atoms with van der Waals surface area (Å²) in [6.45, 7) is 1.26. The smallest absolute Gasteiger partial charge is 0.304 e. The molecule has 0 aliphatic carbocycles. The number of para-hydroxylation sites is 1. The Kier molecular flexibility index (Phi) is 6.33. The number of rotatable bonds is 7. The minimum absolute atomic E-state index is 0.177. The third-order valence-electron chi connectivity index (χ3n) is 3.83. The van der Waals surface area contributed by atoms with E-state index in [4.69, 9.17) is 0 Å². The molecule has 0 bridgehead atoms. The lowest BCUT2D eigenvalue weighted by Crippen LogP contribution is -2.46. The molecule has 1 N–H and O–H groups in total. The molecule has 26 heavy (non-hydrogen) atoms. The predicted molar refractivity (Wildman–Crippen MR) is 99.4 cm³/mol. The summed E-state index contributed by atoms with van der Waals surface area (Å²) in [5.74, 6) is -1.25. The molecule has 0 spiro atoms. The van der Waals surface area contributed by atoms with Crippen LogP contribution in [-0.4, -0.2) is 39.3 Å². The van der Waals surface area contributed by atoms with Gasteiger partial charge in [0.15, 0.2) is 0 Å². The van der Waals surface area contributed by atoms with Gasteiger partial charge in [0.05, 0.1) is 11.7 Å². The summed E-state index contributed by atoms with van der Waals surface area (Å²) in [6.07, 6.45) is 0. The monoisotopic (exact) mass is 379 g/mol. The largest absolute Gasteiger partial charge is 0.348 e. The first-order valence-electron chi connectivity index (χ1n) is 8.02. The van der Waals surface area contributed by atoms with Crippen LogP contribution >= 0.6 is 0 Å². The maximum atomic E-state index is 14.2. The van der Waals surface area contributed by atoms with E-state index in [1.807, 2.05) is 30.3 Å². The molecule has 0 radical (unpaired) electrons. The van der Waals surface area contributed by atoms with Crippen LogP contribution in [0.15, 0.2) is 54.6 Å². The van der Waals surface area contributed by atoms with E-state index in [1.54, 1.807) is 6.92 Å². The Labute approximate surface area is 153 Å². The topological polar surface area (TPSA) is 69.7 Å². The van der Waals surface area contributed by atoms with Crippen molar-refractivity contribution in [2.45, 2.75) is 13.0 Å². The second-order valence-corrected chi connectivity index (χ2v) is 8.01. The molecule has 0 saturated carbocycles. The van der Waals surface area contributed by atoms with Crippen molar-refractivity contribution in [1.29, 1.82) is 0 Å². The van der Waals surface area contributed by atoms with Gasteiger partial charge in [0.25, 0.3) is 0 Å². The first kappa shape index (κ1) is 19.9. The third kappa shape index (κ3) is 4.59. The first-order chi connectivity index (χ1) is 12.2. The van der Waals surface area contributed by atoms with Crippen LogP contribution in [0.5, 0.6) is 0 Å². The molecule has 0 fully saturated rings. The number of halogens is 1. The van der Waals surface area contributed by atoms with Crippen LogP contribution in [0, 0.1) is 5.82 Å². The van der Waals surface area contributed by atoms with Crippen molar-refractivity contribution >= 4 is 21.8 Å². The summed E-state index contributed by atoms with van der Waals surface area (Å²) in [7, 11) is -1.39. The van der Waals surface area contributed by atoms with Gasteiger partial charge in [-0.2, -0.15) is 12.7 Å². The van der Waals surface area contributed by atoms with Crippen molar-refractivity contribution in [3.05, 3.63) is 66.0 Å². The van der Waals surface area contributed by atoms with E-state index in [0.717, 1.165) is 20.2 Å². The Morgan fingerprint density at radius 2 is 1.65 bits per heavy atom. The van der Waals surface area contributed by atoms with Crippen LogP contribution in [0.25, 0.3) is 0 Å². The average molecular weight is 379 g/mol. The lowest BCUT2D eigenvalue weighted by Gasteiger charge is -2.27. The van der Waals surface area contributed by atoms with Crippen molar-refractivity contribution in [1.82, 2.24) is 9.62 Å². The first-order valence-corrected chi connectivity index (χ1v) is 9.42. The standard InChI is InChI=1S/C18H22FN3O3S/c1-14(15-9-5-4-6-10-15)20-18(23)13-22(26(24,25)21(2)3)17-12-8-7-11-16(17)19/h4-12,14H,13H2,1-3H3,(H,20,23)/t14-/m1/s1. The number of carbonyl (C=O) groups excluding carboxylic acids is 1. The molecule has 2 aromatic carbocycles. The van der Waals surface area contributed by atoms with Crippen LogP contribution in [0.4, 0.5) is 10.1 Å². The molecule has 0 saturated heterocycles. The zero-order valence-corrected chi connectivity index (χ0v) is 15.7. The van der Waals surface area contributed by atoms with E-state index in [2.05, 4.69) is 5.32 Å². The molecule has 2 rings (SSSR count). The van der Waals surface area contributed by atoms with Crippen LogP contribution in [0.1, 0.15) is 18.5 Å². The maximum Gasteiger partial charge on any atom is 0.304 e. The van der Waals surface area contributed by atoms with E-state index in [9.17, 15) is 17.6 Å². The summed E-state index contributed by atoms with van der Waals surface area (Å²) in [6, 6.07) is 14.4. The van der Waals surface area contributed by atoms with Gasteiger partial charge in [-0.3, -0.25) is 4.79 Å². The van der Waals surface area contributed by atoms with Crippen molar-refractivity contribution in [3.63, 3.8) is 0 Å². The molecule has 0 heterocycles. The molecule has 0 aliphatic heterocycles. The molecular formula is C18H22FN3O3S. The molecule has 0 unspecified atom stereocenters. The van der Waals surface area contributed by atoms with Crippen LogP contribution in [0.3, 0.4) is 0 Å². The number of benzene rings is 2. The van der Waals surface area contributed by atoms with E-state index in [1.165, 1.54) is 32.3 Å². The van der Waals surface area contributed by atoms with Gasteiger partial charge in [0, 0.05) is 14.1 Å². The molecule has 140 valence electrons. The number of nitrogens with one attached hydrogen (secondary N) is 1. The van der Waals surface area contributed by atoms with Crippen molar-refractivity contribution in [3.8, 4) is 0 Å². The van der Waals surface area contributed by atoms with E-state index in [0.29, 0.717) is 0 Å². The van der Waals surface area contributed by atoms with Gasteiger partial charge in [-0.05, 0) is 24.6 Å². The molecule has 1 atom stereocenters. The molecule has 2 aromatic rings. The summed E-state index contributed by atoms with van der Waals surface area (Å²) < 4.78 is 41.0. The van der Waals surface area contributed by atoms with Gasteiger partial charge in [-0.15, -0.1) is 0 Å². The highest BCUT2D eigenvalue weighted by Gasteiger charge is 2.29. The van der Waals surface area contributed by atoms with Crippen LogP contribution in [-0.2, 0) is 15.0 Å².